The number of aliphatic hydroxyl groups excluding tert-OH is 1. The van der Waals surface area contributed by atoms with E-state index in [1.54, 1.807) is 12.5 Å². The first-order valence-corrected chi connectivity index (χ1v) is 9.58. The van der Waals surface area contributed by atoms with Gasteiger partial charge in [-0.15, -0.1) is 0 Å². The third-order valence-electron chi connectivity index (χ3n) is 5.13. The van der Waals surface area contributed by atoms with Gasteiger partial charge in [-0.3, -0.25) is 4.79 Å². The second kappa shape index (κ2) is 9.18. The Morgan fingerprint density at radius 3 is 2.41 bits per heavy atom. The van der Waals surface area contributed by atoms with E-state index in [-0.39, 0.29) is 36.4 Å². The quantitative estimate of drug-likeness (QED) is 0.719. The zero-order chi connectivity index (χ0) is 20.0. The van der Waals surface area contributed by atoms with Crippen LogP contribution in [0.1, 0.15) is 50.9 Å². The summed E-state index contributed by atoms with van der Waals surface area (Å²) in [6.45, 7) is 8.67. The van der Waals surface area contributed by atoms with Crippen molar-refractivity contribution >= 4 is 5.97 Å². The number of nitrogens with zero attached hydrogens (tertiary/aromatic N) is 2. The number of aromatic nitrogens is 2. The lowest BCUT2D eigenvalue weighted by Gasteiger charge is -2.23. The Kier molecular flexibility index (Phi) is 7.19. The van der Waals surface area contributed by atoms with Crippen LogP contribution in [0.5, 0.6) is 0 Å². The van der Waals surface area contributed by atoms with Crippen LogP contribution < -0.4 is 0 Å². The molecule has 0 saturated carbocycles. The van der Waals surface area contributed by atoms with Crippen molar-refractivity contribution in [3.63, 3.8) is 0 Å². The average Bonchev–Trinajstić information content (AvgIpc) is 3.04. The first-order chi connectivity index (χ1) is 12.8. The molecule has 1 heterocycles. The van der Waals surface area contributed by atoms with Gasteiger partial charge < -0.3 is 14.4 Å². The zero-order valence-corrected chi connectivity index (χ0v) is 17.1. The minimum Gasteiger partial charge on any atom is -0.461 e. The van der Waals surface area contributed by atoms with Crippen LogP contribution in [-0.4, -0.2) is 27.2 Å². The van der Waals surface area contributed by atoms with Gasteiger partial charge in [0.1, 0.15) is 6.61 Å². The predicted molar refractivity (Wildman–Crippen MR) is 106 cm³/mol. The molecule has 148 valence electrons. The fourth-order valence-corrected chi connectivity index (χ4v) is 3.24. The van der Waals surface area contributed by atoms with Crippen molar-refractivity contribution in [1.29, 1.82) is 0 Å². The van der Waals surface area contributed by atoms with Crippen LogP contribution in [-0.2, 0) is 35.0 Å². The molecule has 2 atom stereocenters. The number of benzene rings is 1. The number of aliphatic hydroxyl groups is 1. The first kappa shape index (κ1) is 21.2. The molecule has 0 saturated heterocycles. The molecule has 2 rings (SSSR count). The fraction of sp³-hybridized carbons (Fsp3) is 0.545. The van der Waals surface area contributed by atoms with Crippen molar-refractivity contribution in [2.24, 2.45) is 18.9 Å². The van der Waals surface area contributed by atoms with Crippen molar-refractivity contribution in [1.82, 2.24) is 9.55 Å². The monoisotopic (exact) mass is 372 g/mol. The number of carbonyl (C=O) groups excluding carboxylic acids is 1. The first-order valence-electron chi connectivity index (χ1n) is 9.58. The van der Waals surface area contributed by atoms with Crippen molar-refractivity contribution in [2.45, 2.75) is 52.6 Å². The highest BCUT2D eigenvalue weighted by molar-refractivity contribution is 5.72. The van der Waals surface area contributed by atoms with E-state index in [1.165, 1.54) is 5.56 Å². The number of aryl methyl sites for hydroxylation is 1. The van der Waals surface area contributed by atoms with Gasteiger partial charge in [0, 0.05) is 31.5 Å². The molecule has 0 aliphatic rings. The molecule has 27 heavy (non-hydrogen) atoms. The Hall–Kier alpha value is -2.14. The van der Waals surface area contributed by atoms with Crippen LogP contribution in [0.4, 0.5) is 0 Å². The lowest BCUT2D eigenvalue weighted by molar-refractivity contribution is -0.152. The second-order valence-electron chi connectivity index (χ2n) is 8.21. The molecule has 0 bridgehead atoms. The molecular formula is C22H32N2O3. The predicted octanol–water partition coefficient (Wildman–Crippen LogP) is 3.64. The molecule has 0 fully saturated rings. The summed E-state index contributed by atoms with van der Waals surface area (Å²) in [6, 6.07) is 8.18. The molecule has 1 aromatic heterocycles. The number of rotatable bonds is 8. The maximum atomic E-state index is 12.6. The fourth-order valence-electron chi connectivity index (χ4n) is 3.24. The Morgan fingerprint density at radius 1 is 1.26 bits per heavy atom. The molecule has 0 unspecified atom stereocenters. The summed E-state index contributed by atoms with van der Waals surface area (Å²) >= 11 is 0. The maximum absolute atomic E-state index is 12.6. The number of ether oxygens (including phenoxy) is 1. The Balaban J connectivity index is 1.98. The summed E-state index contributed by atoms with van der Waals surface area (Å²) in [7, 11) is 1.91. The molecule has 2 aromatic rings. The Labute approximate surface area is 162 Å². The zero-order valence-electron chi connectivity index (χ0n) is 17.1. The van der Waals surface area contributed by atoms with Gasteiger partial charge in [0.05, 0.1) is 12.2 Å². The third kappa shape index (κ3) is 5.67. The summed E-state index contributed by atoms with van der Waals surface area (Å²) in [4.78, 5) is 16.7. The number of esters is 1. The van der Waals surface area contributed by atoms with Crippen molar-refractivity contribution in [2.75, 3.05) is 6.61 Å². The number of hydrogen-bond acceptors (Lipinski definition) is 4. The topological polar surface area (TPSA) is 64.3 Å². The van der Waals surface area contributed by atoms with Gasteiger partial charge >= 0.3 is 5.97 Å². The average molecular weight is 373 g/mol. The van der Waals surface area contributed by atoms with Gasteiger partial charge in [0.2, 0.25) is 0 Å². The Morgan fingerprint density at radius 2 is 1.93 bits per heavy atom. The third-order valence-corrected chi connectivity index (χ3v) is 5.13. The van der Waals surface area contributed by atoms with Crippen LogP contribution in [0.15, 0.2) is 36.8 Å². The van der Waals surface area contributed by atoms with Gasteiger partial charge in [-0.25, -0.2) is 4.98 Å². The van der Waals surface area contributed by atoms with Gasteiger partial charge in [-0.05, 0) is 29.4 Å². The summed E-state index contributed by atoms with van der Waals surface area (Å²) in [5.41, 5.74) is 3.32. The summed E-state index contributed by atoms with van der Waals surface area (Å²) in [5.74, 6) is -0.765. The van der Waals surface area contributed by atoms with Crippen LogP contribution in [0, 0.1) is 11.8 Å². The molecule has 1 N–H and O–H groups in total. The highest BCUT2D eigenvalue weighted by Gasteiger charge is 2.28. The van der Waals surface area contributed by atoms with E-state index in [4.69, 9.17) is 4.74 Å². The lowest BCUT2D eigenvalue weighted by atomic mass is 9.86. The summed E-state index contributed by atoms with van der Waals surface area (Å²) in [5, 5.41) is 9.82. The lowest BCUT2D eigenvalue weighted by Crippen LogP contribution is -2.29. The standard InChI is InChI=1S/C22H32N2O3/c1-6-20(17(13-25)11-19-12-23-15-24(19)5)21(26)27-14-16-7-9-18(10-8-16)22(2,3)4/h7-10,12,15,17,20,25H,6,11,13-14H2,1-5H3/t17-,20-/m0/s1. The van der Waals surface area contributed by atoms with E-state index >= 15 is 0 Å². The molecule has 0 radical (unpaired) electrons. The van der Waals surface area contributed by atoms with E-state index in [0.717, 1.165) is 11.3 Å². The Bertz CT molecular complexity index is 729. The van der Waals surface area contributed by atoms with Gasteiger partial charge in [0.15, 0.2) is 0 Å². The minimum atomic E-state index is -0.334. The molecule has 5 nitrogen and oxygen atoms in total. The van der Waals surface area contributed by atoms with E-state index in [1.807, 2.05) is 30.7 Å². The number of imidazole rings is 1. The molecule has 0 aliphatic carbocycles. The highest BCUT2D eigenvalue weighted by atomic mass is 16.5. The van der Waals surface area contributed by atoms with E-state index in [2.05, 4.69) is 37.9 Å². The van der Waals surface area contributed by atoms with Gasteiger partial charge in [0.25, 0.3) is 0 Å². The van der Waals surface area contributed by atoms with Crippen LogP contribution in [0.25, 0.3) is 0 Å². The summed E-state index contributed by atoms with van der Waals surface area (Å²) in [6.07, 6.45) is 4.73. The van der Waals surface area contributed by atoms with Crippen LogP contribution in [0.3, 0.4) is 0 Å². The van der Waals surface area contributed by atoms with Crippen molar-refractivity contribution < 1.29 is 14.6 Å². The normalized spacial score (nSPS) is 14.0. The summed E-state index contributed by atoms with van der Waals surface area (Å²) < 4.78 is 7.48. The van der Waals surface area contributed by atoms with E-state index in [9.17, 15) is 9.90 Å². The van der Waals surface area contributed by atoms with Crippen molar-refractivity contribution in [3.05, 3.63) is 53.6 Å². The van der Waals surface area contributed by atoms with E-state index in [0.29, 0.717) is 12.8 Å². The number of hydrogen-bond donors (Lipinski definition) is 1. The van der Waals surface area contributed by atoms with Crippen LogP contribution in [0.2, 0.25) is 0 Å². The SMILES string of the molecule is CC[C@H](C(=O)OCc1ccc(C(C)(C)C)cc1)[C@H](CO)Cc1cncn1C. The molecule has 0 spiro atoms. The number of carbonyl (C=O) groups is 1. The molecule has 5 heteroatoms. The van der Waals surface area contributed by atoms with Crippen molar-refractivity contribution in [3.8, 4) is 0 Å². The maximum Gasteiger partial charge on any atom is 0.309 e. The highest BCUT2D eigenvalue weighted by Crippen LogP contribution is 2.24. The molecule has 0 amide bonds. The minimum absolute atomic E-state index is 0.0565. The largest absolute Gasteiger partial charge is 0.461 e. The van der Waals surface area contributed by atoms with E-state index < -0.39 is 0 Å². The van der Waals surface area contributed by atoms with Gasteiger partial charge in [-0.2, -0.15) is 0 Å². The molecular weight excluding hydrogens is 340 g/mol. The van der Waals surface area contributed by atoms with Gasteiger partial charge in [-0.1, -0.05) is 52.0 Å². The molecule has 0 aliphatic heterocycles. The smallest absolute Gasteiger partial charge is 0.309 e. The van der Waals surface area contributed by atoms with Crippen LogP contribution >= 0.6 is 0 Å². The second-order valence-corrected chi connectivity index (χ2v) is 8.21. The molecule has 1 aromatic carbocycles.